The zero-order valence-corrected chi connectivity index (χ0v) is 19.8. The van der Waals surface area contributed by atoms with E-state index in [1.165, 1.54) is 7.11 Å². The van der Waals surface area contributed by atoms with Gasteiger partial charge in [-0.25, -0.2) is 4.98 Å². The summed E-state index contributed by atoms with van der Waals surface area (Å²) in [6, 6.07) is 19.7. The molecule has 3 amide bonds. The molecule has 9 nitrogen and oxygen atoms in total. The average molecular weight is 492 g/mol. The number of hydrogen-bond donors (Lipinski definition) is 1. The molecule has 0 spiro atoms. The Balaban J connectivity index is 1.38. The predicted molar refractivity (Wildman–Crippen MR) is 131 cm³/mol. The molecule has 1 atom stereocenters. The number of nitrogens with one attached hydrogen (secondary N) is 1. The smallest absolute Gasteiger partial charge is 0.254 e. The van der Waals surface area contributed by atoms with E-state index in [2.05, 4.69) is 16.4 Å². The van der Waals surface area contributed by atoms with Crippen LogP contribution < -0.4 is 10.1 Å². The van der Waals surface area contributed by atoms with Crippen LogP contribution in [0.5, 0.6) is 5.75 Å². The lowest BCUT2D eigenvalue weighted by Crippen LogP contribution is -2.46. The number of carbonyl (C=O) groups is 3. The van der Waals surface area contributed by atoms with Gasteiger partial charge in [-0.3, -0.25) is 19.7 Å². The highest BCUT2D eigenvalue weighted by Crippen LogP contribution is 2.39. The highest BCUT2D eigenvalue weighted by Gasteiger charge is 2.53. The summed E-state index contributed by atoms with van der Waals surface area (Å²) >= 11 is 0. The number of ether oxygens (including phenoxy) is 1. The van der Waals surface area contributed by atoms with Crippen LogP contribution in [0.2, 0.25) is 0 Å². The van der Waals surface area contributed by atoms with Crippen LogP contribution in [0, 0.1) is 11.3 Å². The lowest BCUT2D eigenvalue weighted by molar-refractivity contribution is -0.127. The minimum Gasteiger partial charge on any atom is -0.497 e. The number of amides is 3. The third-order valence-electron chi connectivity index (χ3n) is 6.94. The molecule has 1 saturated heterocycles. The second kappa shape index (κ2) is 8.31. The van der Waals surface area contributed by atoms with Crippen LogP contribution in [-0.2, 0) is 21.5 Å². The average Bonchev–Trinajstić information content (AvgIpc) is 3.57. The van der Waals surface area contributed by atoms with Gasteiger partial charge in [0.25, 0.3) is 5.91 Å². The highest BCUT2D eigenvalue weighted by atomic mass is 16.5. The Morgan fingerprint density at radius 2 is 2.00 bits per heavy atom. The molecule has 37 heavy (non-hydrogen) atoms. The van der Waals surface area contributed by atoms with Gasteiger partial charge in [0.15, 0.2) is 5.58 Å². The fraction of sp³-hybridized carbons (Fsp3) is 0.179. The number of furan rings is 1. The maximum Gasteiger partial charge on any atom is 0.254 e. The van der Waals surface area contributed by atoms with Crippen LogP contribution >= 0.6 is 0 Å². The number of nitriles is 1. The number of methoxy groups -OCH3 is 1. The van der Waals surface area contributed by atoms with E-state index in [1.54, 1.807) is 53.4 Å². The Labute approximate surface area is 211 Å². The second-order valence-corrected chi connectivity index (χ2v) is 9.20. The van der Waals surface area contributed by atoms with Gasteiger partial charge in [-0.15, -0.1) is 0 Å². The van der Waals surface area contributed by atoms with Crippen molar-refractivity contribution in [1.82, 2.24) is 15.2 Å². The van der Waals surface area contributed by atoms with Crippen LogP contribution in [0.3, 0.4) is 0 Å². The number of rotatable bonds is 5. The van der Waals surface area contributed by atoms with E-state index in [9.17, 15) is 19.6 Å². The number of hydrogen-bond acceptors (Lipinski definition) is 7. The Morgan fingerprint density at radius 3 is 2.76 bits per heavy atom. The summed E-state index contributed by atoms with van der Waals surface area (Å²) in [6.07, 6.45) is -0.147. The molecular weight excluding hydrogens is 472 g/mol. The molecule has 9 heteroatoms. The molecule has 1 N–H and O–H groups in total. The van der Waals surface area contributed by atoms with Gasteiger partial charge in [0.1, 0.15) is 22.4 Å². The first-order valence-corrected chi connectivity index (χ1v) is 11.6. The normalized spacial score (nSPS) is 18.7. The molecule has 6 rings (SSSR count). The van der Waals surface area contributed by atoms with Crippen molar-refractivity contribution in [1.29, 1.82) is 5.26 Å². The third kappa shape index (κ3) is 3.62. The number of fused-ring (bicyclic) bond motifs is 2. The van der Waals surface area contributed by atoms with Gasteiger partial charge in [0.05, 0.1) is 30.9 Å². The minimum atomic E-state index is -1.39. The summed E-state index contributed by atoms with van der Waals surface area (Å²) < 4.78 is 11.3. The fourth-order valence-electron chi connectivity index (χ4n) is 5.04. The van der Waals surface area contributed by atoms with Gasteiger partial charge in [0.2, 0.25) is 11.8 Å². The van der Waals surface area contributed by atoms with Gasteiger partial charge in [0, 0.05) is 30.3 Å². The first-order chi connectivity index (χ1) is 17.9. The van der Waals surface area contributed by atoms with Crippen molar-refractivity contribution in [3.8, 4) is 23.1 Å². The Kier molecular flexibility index (Phi) is 5.05. The molecule has 0 bridgehead atoms. The zero-order chi connectivity index (χ0) is 25.7. The number of imide groups is 1. The Morgan fingerprint density at radius 1 is 1.14 bits per heavy atom. The van der Waals surface area contributed by atoms with E-state index < -0.39 is 17.2 Å². The largest absolute Gasteiger partial charge is 0.497 e. The van der Waals surface area contributed by atoms with Crippen molar-refractivity contribution >= 4 is 28.8 Å². The maximum atomic E-state index is 13.2. The van der Waals surface area contributed by atoms with Gasteiger partial charge in [-0.05, 0) is 42.0 Å². The number of benzene rings is 2. The number of aromatic nitrogens is 1. The Hall–Kier alpha value is -4.97. The molecule has 2 aromatic carbocycles. The van der Waals surface area contributed by atoms with Crippen LogP contribution in [0.25, 0.3) is 22.4 Å². The summed E-state index contributed by atoms with van der Waals surface area (Å²) in [4.78, 5) is 45.0. The summed E-state index contributed by atoms with van der Waals surface area (Å²) in [7, 11) is 1.53. The SMILES string of the molecule is COc1ccc2c(c1)C(=O)N(C[C@@]1(c3cc4nc(-c5cccc(C#N)c5)ccc4o3)CC(=O)NC1=O)C2. The van der Waals surface area contributed by atoms with E-state index in [4.69, 9.17) is 9.15 Å². The lowest BCUT2D eigenvalue weighted by Gasteiger charge is -2.28. The van der Waals surface area contributed by atoms with Crippen LogP contribution in [0.15, 0.2) is 65.1 Å². The molecule has 4 heterocycles. The molecule has 0 saturated carbocycles. The molecule has 1 fully saturated rings. The van der Waals surface area contributed by atoms with Crippen LogP contribution in [0.4, 0.5) is 0 Å². The number of nitrogens with zero attached hydrogens (tertiary/aromatic N) is 3. The van der Waals surface area contributed by atoms with E-state index in [0.717, 1.165) is 11.1 Å². The van der Waals surface area contributed by atoms with Crippen molar-refractivity contribution < 1.29 is 23.5 Å². The zero-order valence-electron chi connectivity index (χ0n) is 19.8. The molecule has 0 unspecified atom stereocenters. The topological polar surface area (TPSA) is 126 Å². The molecule has 0 aliphatic carbocycles. The number of carbonyl (C=O) groups excluding carboxylic acids is 3. The molecule has 2 aliphatic rings. The number of pyridine rings is 1. The van der Waals surface area contributed by atoms with Crippen molar-refractivity contribution in [2.45, 2.75) is 18.4 Å². The molecule has 0 radical (unpaired) electrons. The van der Waals surface area contributed by atoms with Crippen molar-refractivity contribution in [3.05, 3.63) is 83.1 Å². The summed E-state index contributed by atoms with van der Waals surface area (Å²) in [5.74, 6) is -0.355. The molecular formula is C28H20N4O5. The summed E-state index contributed by atoms with van der Waals surface area (Å²) in [5.41, 5.74) is 2.81. The van der Waals surface area contributed by atoms with Gasteiger partial charge < -0.3 is 14.1 Å². The molecule has 2 aliphatic heterocycles. The first-order valence-electron chi connectivity index (χ1n) is 11.6. The molecule has 4 aromatic rings. The van der Waals surface area contributed by atoms with E-state index >= 15 is 0 Å². The van der Waals surface area contributed by atoms with E-state index in [1.807, 2.05) is 12.1 Å². The van der Waals surface area contributed by atoms with Gasteiger partial charge >= 0.3 is 0 Å². The Bertz CT molecular complexity index is 1670. The first kappa shape index (κ1) is 22.5. The van der Waals surface area contributed by atoms with Crippen molar-refractivity contribution in [2.75, 3.05) is 13.7 Å². The van der Waals surface area contributed by atoms with Crippen molar-refractivity contribution in [2.24, 2.45) is 0 Å². The molecule has 182 valence electrons. The van der Waals surface area contributed by atoms with Gasteiger partial charge in [-0.2, -0.15) is 5.26 Å². The van der Waals surface area contributed by atoms with Gasteiger partial charge in [-0.1, -0.05) is 18.2 Å². The predicted octanol–water partition coefficient (Wildman–Crippen LogP) is 3.32. The fourth-order valence-corrected chi connectivity index (χ4v) is 5.04. The monoisotopic (exact) mass is 492 g/mol. The van der Waals surface area contributed by atoms with Crippen LogP contribution in [-0.4, -0.2) is 41.3 Å². The van der Waals surface area contributed by atoms with Crippen molar-refractivity contribution in [3.63, 3.8) is 0 Å². The maximum absolute atomic E-state index is 13.2. The van der Waals surface area contributed by atoms with E-state index in [0.29, 0.717) is 40.2 Å². The van der Waals surface area contributed by atoms with E-state index in [-0.39, 0.29) is 24.6 Å². The standard InChI is InChI=1S/C28H20N4O5/c1-36-19-6-5-18-14-32(26(34)20(18)10-19)15-28(12-25(33)31-27(28)35)24-11-22-23(37-24)8-7-21(30-22)17-4-2-3-16(9-17)13-29/h2-11H,12,14-15H2,1H3,(H,31,33,35)/t28-/m1/s1. The summed E-state index contributed by atoms with van der Waals surface area (Å²) in [5, 5.41) is 11.6. The lowest BCUT2D eigenvalue weighted by atomic mass is 9.82. The molecule has 2 aromatic heterocycles. The third-order valence-corrected chi connectivity index (χ3v) is 6.94. The second-order valence-electron chi connectivity index (χ2n) is 9.20. The minimum absolute atomic E-state index is 0.0305. The summed E-state index contributed by atoms with van der Waals surface area (Å²) in [6.45, 7) is 0.274. The highest BCUT2D eigenvalue weighted by molar-refractivity contribution is 6.10. The van der Waals surface area contributed by atoms with Crippen LogP contribution in [0.1, 0.15) is 33.7 Å². The quantitative estimate of drug-likeness (QED) is 0.424.